The van der Waals surface area contributed by atoms with Gasteiger partial charge in [-0.15, -0.1) is 0 Å². The maximum atomic E-state index is 13.1. The van der Waals surface area contributed by atoms with Crippen LogP contribution >= 0.6 is 0 Å². The van der Waals surface area contributed by atoms with Gasteiger partial charge in [0.05, 0.1) is 119 Å². The number of aliphatic carboxylic acids is 6. The maximum absolute atomic E-state index is 13.1. The zero-order valence-electron chi connectivity index (χ0n) is 61.6. The van der Waals surface area contributed by atoms with Gasteiger partial charge >= 0.3 is 35.8 Å². The Balaban J connectivity index is 1.09. The molecule has 25 N–H and O–H groups in total. The summed E-state index contributed by atoms with van der Waals surface area (Å²) in [6, 6.07) is 0. The van der Waals surface area contributed by atoms with Crippen LogP contribution in [0.5, 0.6) is 0 Å². The summed E-state index contributed by atoms with van der Waals surface area (Å²) in [4.78, 5) is 77.5. The molecule has 0 aromatic carbocycles. The summed E-state index contributed by atoms with van der Waals surface area (Å²) in [5.74, 6) is -37.0. The second kappa shape index (κ2) is 39.0. The molecule has 6 saturated heterocycles. The highest BCUT2D eigenvalue weighted by molar-refractivity contribution is 5.78. The fourth-order valence-electron chi connectivity index (χ4n) is 14.3. The smallest absolute Gasteiger partial charge is 0.364 e. The maximum Gasteiger partial charge on any atom is 0.364 e. The molecule has 36 atom stereocenters. The minimum Gasteiger partial charge on any atom is -0.477 e. The van der Waals surface area contributed by atoms with Crippen LogP contribution in [0.1, 0.15) is 119 Å². The van der Waals surface area contributed by atoms with Crippen molar-refractivity contribution in [2.24, 2.45) is 35.5 Å². The fourth-order valence-corrected chi connectivity index (χ4v) is 14.3. The first-order valence-electron chi connectivity index (χ1n) is 36.3. The van der Waals surface area contributed by atoms with Crippen LogP contribution < -0.4 is 0 Å². The molecule has 638 valence electrons. The number of rotatable bonds is 41. The third kappa shape index (κ3) is 20.9. The lowest BCUT2D eigenvalue weighted by molar-refractivity contribution is -0.341. The van der Waals surface area contributed by atoms with Crippen molar-refractivity contribution in [3.63, 3.8) is 0 Å². The summed E-state index contributed by atoms with van der Waals surface area (Å²) in [6.45, 7) is 2.01. The van der Waals surface area contributed by atoms with Crippen LogP contribution in [0.15, 0.2) is 0 Å². The molecule has 43 heteroatoms. The fraction of sp³-hybridized carbons (Fsp3) is 0.910. The predicted molar refractivity (Wildman–Crippen MR) is 354 cm³/mol. The van der Waals surface area contributed by atoms with Gasteiger partial charge in [-0.25, -0.2) is 28.8 Å². The molecule has 0 aromatic heterocycles. The van der Waals surface area contributed by atoms with Gasteiger partial charge < -0.3 is 185 Å². The Kier molecular flexibility index (Phi) is 33.5. The van der Waals surface area contributed by atoms with Crippen LogP contribution in [0.4, 0.5) is 0 Å². The number of ether oxygens (including phenoxy) is 12. The second-order valence-electron chi connectivity index (χ2n) is 30.0. The van der Waals surface area contributed by atoms with Crippen molar-refractivity contribution in [1.82, 2.24) is 0 Å². The zero-order chi connectivity index (χ0) is 83.0. The lowest BCUT2D eigenvalue weighted by Gasteiger charge is -2.48. The van der Waals surface area contributed by atoms with E-state index >= 15 is 0 Å². The minimum absolute atomic E-state index is 0.118. The van der Waals surface area contributed by atoms with Crippen molar-refractivity contribution in [3.05, 3.63) is 0 Å². The first kappa shape index (κ1) is 94.4. The van der Waals surface area contributed by atoms with Gasteiger partial charge in [0.1, 0.15) is 73.2 Å². The molecule has 6 aliphatic rings. The van der Waals surface area contributed by atoms with Gasteiger partial charge in [-0.1, -0.05) is 74.1 Å². The average molecular weight is 1610 g/mol. The molecule has 0 bridgehead atoms. The van der Waals surface area contributed by atoms with Crippen molar-refractivity contribution in [1.29, 1.82) is 0 Å². The third-order valence-corrected chi connectivity index (χ3v) is 22.1. The van der Waals surface area contributed by atoms with Gasteiger partial charge in [-0.2, -0.15) is 0 Å². The number of unbranched alkanes of at least 4 members (excludes halogenated alkanes) is 4. The Labute approximate surface area is 629 Å². The van der Waals surface area contributed by atoms with Crippen LogP contribution in [-0.4, -0.2) is 391 Å². The van der Waals surface area contributed by atoms with Gasteiger partial charge in [0.25, 0.3) is 34.7 Å². The number of hydrogen-bond acceptors (Lipinski definition) is 37. The van der Waals surface area contributed by atoms with Crippen LogP contribution in [0.25, 0.3) is 0 Å². The number of carbonyl (C=O) groups is 6. The van der Waals surface area contributed by atoms with Gasteiger partial charge in [0.2, 0.25) is 0 Å². The standard InChI is InChI=1S/C67H112O43/c1-8-9-10-11-12-13-99-62(56(87)88)14-32(69)27(3)51(105-62)45(82)39(76)21-101-64(58(91)92)16-34(71)29(5)53(107-64)47(84)41(78)23-103-66(60(95)96)18-36(73)31(7)55(109-66)49(86)43(80)25-104-67(61(97)98)19-37(74)30(6)54(110-67)48(85)42(79)24-102-65(59(93)94)17-35(72)28(4)52(108-65)46(83)40(77)22-100-63(57(89)90)15-33(70)26(2)50(106-63)44(81)38(75)20-68/h26-55,68-86H,8-25H2,1-7H3,(H,87,88)(H,89,90)(H,91,92)(H,93,94)(H,95,96)(H,97,98)/t26-,27-,28-,29-,30-,31-,32?,33?,34?,35?,36?,37?,38-,39-,40-,41-,42-,43-,44-,45-,46-,47-,48-,49-,50-,51-,52-,53-,54-,55-,62?,63?,64?,65?,66?,67?/m1/s1. The number of aliphatic hydroxyl groups excluding tert-OH is 19. The SMILES string of the molecule is CCCCCCCOC1(C(=O)O)CC(O)[C@@H](C)[C@H]([C@H](O)[C@H](O)COC2(C(=O)O)CC(O)[C@@H](C)[C@H]([C@H](O)[C@H](O)COC3(C(=O)O)CC(O)[C@@H](C)[C@H]([C@H](O)[C@H](O)COC4(C(=O)O)CC(O)[C@@H](C)[C@H]([C@H](O)[C@H](O)COC5(C(=O)O)CC(O)[C@@H](C)[C@H]([C@H](O)[C@H](O)COC6(C(=O)O)CC(O)[C@@H](C)[C@H]([C@H](O)[C@H](O)CO)O6)O5)O4)O3)O2)O1. The molecule has 6 heterocycles. The summed E-state index contributed by atoms with van der Waals surface area (Å²) >= 11 is 0. The summed E-state index contributed by atoms with van der Waals surface area (Å²) < 4.78 is 67.2. The van der Waals surface area contributed by atoms with E-state index in [1.807, 2.05) is 6.92 Å². The number of hydrogen-bond donors (Lipinski definition) is 25. The van der Waals surface area contributed by atoms with Gasteiger partial charge in [-0.05, 0) is 6.42 Å². The van der Waals surface area contributed by atoms with E-state index in [0.29, 0.717) is 12.8 Å². The Morgan fingerprint density at radius 3 is 0.645 bits per heavy atom. The molecule has 0 spiro atoms. The van der Waals surface area contributed by atoms with E-state index in [-0.39, 0.29) is 6.61 Å². The van der Waals surface area contributed by atoms with Crippen molar-refractivity contribution >= 4 is 35.8 Å². The molecule has 110 heavy (non-hydrogen) atoms. The predicted octanol–water partition coefficient (Wildman–Crippen LogP) is -8.22. The molecule has 6 aliphatic heterocycles. The molecule has 6 rings (SSSR count). The Hall–Kier alpha value is -4.42. The Bertz CT molecular complexity index is 2990. The van der Waals surface area contributed by atoms with Crippen molar-refractivity contribution < 1.29 is 213 Å². The van der Waals surface area contributed by atoms with Crippen LogP contribution in [-0.2, 0) is 85.6 Å². The molecule has 0 aliphatic carbocycles. The summed E-state index contributed by atoms with van der Waals surface area (Å²) in [6.07, 6.45) is -50.6. The largest absolute Gasteiger partial charge is 0.477 e. The number of carboxylic acid groups (broad SMARTS) is 6. The first-order valence-corrected chi connectivity index (χ1v) is 36.3. The van der Waals surface area contributed by atoms with Crippen LogP contribution in [0, 0.1) is 35.5 Å². The van der Waals surface area contributed by atoms with Crippen molar-refractivity contribution in [2.45, 2.75) is 300 Å². The van der Waals surface area contributed by atoms with Gasteiger partial charge in [0.15, 0.2) is 0 Å². The lowest BCUT2D eigenvalue weighted by Crippen LogP contribution is -2.64. The van der Waals surface area contributed by atoms with E-state index in [0.717, 1.165) is 19.3 Å². The average Bonchev–Trinajstić information content (AvgIpc) is 0.778. The monoisotopic (exact) mass is 1600 g/mol. The first-order chi connectivity index (χ1) is 51.1. The van der Waals surface area contributed by atoms with Crippen molar-refractivity contribution in [2.75, 3.05) is 46.2 Å². The number of carboxylic acids is 6. The molecule has 12 unspecified atom stereocenters. The van der Waals surface area contributed by atoms with Crippen LogP contribution in [0.3, 0.4) is 0 Å². The minimum atomic E-state index is -3.15. The van der Waals surface area contributed by atoms with Crippen molar-refractivity contribution in [3.8, 4) is 0 Å². The molecule has 0 radical (unpaired) electrons. The highest BCUT2D eigenvalue weighted by Crippen LogP contribution is 2.45. The van der Waals surface area contributed by atoms with E-state index in [2.05, 4.69) is 0 Å². The van der Waals surface area contributed by atoms with E-state index in [1.165, 1.54) is 41.5 Å². The molecular weight excluding hydrogens is 1490 g/mol. The van der Waals surface area contributed by atoms with Gasteiger partial charge in [-0.3, -0.25) is 0 Å². The highest BCUT2D eigenvalue weighted by atomic mass is 16.8. The quantitative estimate of drug-likeness (QED) is 0.0253. The molecule has 6 fully saturated rings. The second-order valence-corrected chi connectivity index (χ2v) is 30.0. The molecule has 43 nitrogen and oxygen atoms in total. The summed E-state index contributed by atoms with van der Waals surface area (Å²) in [5, 5.41) is 273. The highest BCUT2D eigenvalue weighted by Gasteiger charge is 2.62. The van der Waals surface area contributed by atoms with Gasteiger partial charge in [0, 0.05) is 74.0 Å². The van der Waals surface area contributed by atoms with E-state index in [1.54, 1.807) is 0 Å². The molecular formula is C67H112O43. The molecule has 0 aromatic rings. The number of aliphatic hydroxyl groups is 19. The Morgan fingerprint density at radius 1 is 0.300 bits per heavy atom. The lowest BCUT2D eigenvalue weighted by atomic mass is 9.83. The third-order valence-electron chi connectivity index (χ3n) is 22.1. The molecule has 0 amide bonds. The van der Waals surface area contributed by atoms with Crippen LogP contribution in [0.2, 0.25) is 0 Å². The van der Waals surface area contributed by atoms with E-state index in [9.17, 15) is 156 Å². The summed E-state index contributed by atoms with van der Waals surface area (Å²) in [7, 11) is 0. The molecule has 0 saturated carbocycles. The van der Waals surface area contributed by atoms with E-state index < -0.39 is 331 Å². The van der Waals surface area contributed by atoms with E-state index in [4.69, 9.17) is 56.8 Å². The zero-order valence-corrected chi connectivity index (χ0v) is 61.6. The normalized spacial score (nSPS) is 40.5. The summed E-state index contributed by atoms with van der Waals surface area (Å²) in [5.41, 5.74) is 0. The Morgan fingerprint density at radius 2 is 0.473 bits per heavy atom. The topological polar surface area (TPSA) is 719 Å².